The first-order valence-electron chi connectivity index (χ1n) is 4.86. The van der Waals surface area contributed by atoms with E-state index in [0.717, 1.165) is 11.3 Å². The monoisotopic (exact) mass is 232 g/mol. The summed E-state index contributed by atoms with van der Waals surface area (Å²) in [6.45, 7) is 0. The molecule has 0 amide bonds. The zero-order valence-electron chi connectivity index (χ0n) is 9.25. The van der Waals surface area contributed by atoms with Crippen molar-refractivity contribution in [1.82, 2.24) is 0 Å². The number of carboxylic acid groups (broad SMARTS) is 1. The van der Waals surface area contributed by atoms with Crippen LogP contribution >= 0.6 is 0 Å². The molecule has 0 fully saturated rings. The Bertz CT molecular complexity index is 462. The number of aliphatic carboxylic acids is 1. The Kier molecular flexibility index (Phi) is 4.79. The lowest BCUT2D eigenvalue weighted by atomic mass is 10.2. The van der Waals surface area contributed by atoms with Crippen LogP contribution in [0.25, 0.3) is 6.08 Å². The molecule has 88 valence electrons. The summed E-state index contributed by atoms with van der Waals surface area (Å²) in [4.78, 5) is 10.1. The van der Waals surface area contributed by atoms with E-state index in [9.17, 15) is 9.90 Å². The van der Waals surface area contributed by atoms with Crippen molar-refractivity contribution >= 4 is 12.0 Å². The number of hydrogen-bond donors (Lipinski definition) is 2. The molecule has 0 aromatic heterocycles. The smallest absolute Gasteiger partial charge is 0.382 e. The summed E-state index contributed by atoms with van der Waals surface area (Å²) in [5, 5.41) is 17.6. The van der Waals surface area contributed by atoms with Gasteiger partial charge in [-0.15, -0.1) is 0 Å². The Morgan fingerprint density at radius 3 is 2.59 bits per heavy atom. The lowest BCUT2D eigenvalue weighted by Crippen LogP contribution is -1.98. The van der Waals surface area contributed by atoms with Gasteiger partial charge in [0.1, 0.15) is 11.9 Å². The topological polar surface area (TPSA) is 66.8 Å². The number of rotatable bonds is 3. The van der Waals surface area contributed by atoms with Crippen molar-refractivity contribution in [3.63, 3.8) is 0 Å². The molecule has 0 saturated carbocycles. The minimum Gasteiger partial charge on any atom is -0.497 e. The molecular weight excluding hydrogens is 220 g/mol. The Morgan fingerprint density at radius 1 is 1.41 bits per heavy atom. The maximum absolute atomic E-state index is 10.1. The molecule has 17 heavy (non-hydrogen) atoms. The molecule has 0 aliphatic carbocycles. The number of carbonyl (C=O) groups is 1. The highest BCUT2D eigenvalue weighted by Crippen LogP contribution is 2.12. The zero-order chi connectivity index (χ0) is 12.7. The molecule has 0 radical (unpaired) electrons. The fourth-order valence-electron chi connectivity index (χ4n) is 1.10. The molecule has 0 bridgehead atoms. The minimum absolute atomic E-state index is 0.744. The average Bonchev–Trinajstić information content (AvgIpc) is 2.34. The van der Waals surface area contributed by atoms with Crippen LogP contribution in [-0.4, -0.2) is 29.4 Å². The summed E-state index contributed by atoms with van der Waals surface area (Å²) in [7, 11) is 1.58. The predicted octanol–water partition coefficient (Wildman–Crippen LogP) is 1.16. The van der Waals surface area contributed by atoms with E-state index < -0.39 is 12.1 Å². The van der Waals surface area contributed by atoms with Crippen molar-refractivity contribution < 1.29 is 19.7 Å². The molecule has 2 N–H and O–H groups in total. The number of ether oxygens (including phenoxy) is 1. The number of hydrogen-bond acceptors (Lipinski definition) is 3. The SMILES string of the molecule is COc1ccc(/C=C/C(O)C#CC(=O)O)cc1. The van der Waals surface area contributed by atoms with Gasteiger partial charge < -0.3 is 14.9 Å². The van der Waals surface area contributed by atoms with Gasteiger partial charge in [0.25, 0.3) is 0 Å². The summed E-state index contributed by atoms with van der Waals surface area (Å²) in [6, 6.07) is 7.20. The molecule has 0 aliphatic rings. The van der Waals surface area contributed by atoms with Gasteiger partial charge in [0.2, 0.25) is 0 Å². The van der Waals surface area contributed by atoms with E-state index in [4.69, 9.17) is 9.84 Å². The molecule has 0 heterocycles. The van der Waals surface area contributed by atoms with Crippen molar-refractivity contribution in [3.8, 4) is 17.6 Å². The Labute approximate surface area is 99.2 Å². The first kappa shape index (κ1) is 12.8. The van der Waals surface area contributed by atoms with Crippen LogP contribution in [0.5, 0.6) is 5.75 Å². The van der Waals surface area contributed by atoms with Crippen LogP contribution in [0.2, 0.25) is 0 Å². The van der Waals surface area contributed by atoms with Crippen LogP contribution in [0.3, 0.4) is 0 Å². The van der Waals surface area contributed by atoms with E-state index in [2.05, 4.69) is 5.92 Å². The van der Waals surface area contributed by atoms with Gasteiger partial charge in [0.15, 0.2) is 0 Å². The normalized spacial score (nSPS) is 11.6. The largest absolute Gasteiger partial charge is 0.497 e. The molecule has 1 aromatic carbocycles. The molecule has 0 spiro atoms. The third-order valence-corrected chi connectivity index (χ3v) is 1.91. The third-order valence-electron chi connectivity index (χ3n) is 1.91. The van der Waals surface area contributed by atoms with Crippen LogP contribution in [-0.2, 0) is 4.79 Å². The fraction of sp³-hybridized carbons (Fsp3) is 0.154. The maximum Gasteiger partial charge on any atom is 0.382 e. The Morgan fingerprint density at radius 2 is 2.06 bits per heavy atom. The van der Waals surface area contributed by atoms with Crippen LogP contribution in [0, 0.1) is 11.8 Å². The van der Waals surface area contributed by atoms with Gasteiger partial charge >= 0.3 is 5.97 Å². The van der Waals surface area contributed by atoms with Gasteiger partial charge in [-0.05, 0) is 23.8 Å². The van der Waals surface area contributed by atoms with Crippen molar-refractivity contribution in [2.45, 2.75) is 6.10 Å². The second kappa shape index (κ2) is 6.36. The minimum atomic E-state index is -1.26. The number of aliphatic hydroxyl groups excluding tert-OH is 1. The van der Waals surface area contributed by atoms with E-state index in [1.54, 1.807) is 25.3 Å². The summed E-state index contributed by atoms with van der Waals surface area (Å²) in [5.74, 6) is 3.50. The fourth-order valence-corrected chi connectivity index (χ4v) is 1.10. The van der Waals surface area contributed by atoms with Gasteiger partial charge in [0.05, 0.1) is 7.11 Å². The standard InChI is InChI=1S/C13H12O4/c1-17-12-7-3-10(4-8-12)2-5-11(14)6-9-13(15)16/h2-5,7-8,11,14H,1H3,(H,15,16)/b5-2+. The molecule has 4 heteroatoms. The van der Waals surface area contributed by atoms with E-state index >= 15 is 0 Å². The number of carboxylic acids is 1. The lowest BCUT2D eigenvalue weighted by Gasteiger charge is -1.99. The quantitative estimate of drug-likeness (QED) is 0.767. The van der Waals surface area contributed by atoms with Crippen LogP contribution in [0.1, 0.15) is 5.56 Å². The summed E-state index contributed by atoms with van der Waals surface area (Å²) < 4.78 is 5.00. The second-order valence-corrected chi connectivity index (χ2v) is 3.15. The third kappa shape index (κ3) is 4.87. The van der Waals surface area contributed by atoms with E-state index in [0.29, 0.717) is 0 Å². The van der Waals surface area contributed by atoms with Gasteiger partial charge in [0, 0.05) is 5.92 Å². The molecule has 0 aliphatic heterocycles. The molecule has 1 rings (SSSR count). The van der Waals surface area contributed by atoms with Crippen molar-refractivity contribution in [2.75, 3.05) is 7.11 Å². The Hall–Kier alpha value is -2.25. The van der Waals surface area contributed by atoms with Gasteiger partial charge in [-0.3, -0.25) is 0 Å². The van der Waals surface area contributed by atoms with Crippen LogP contribution in [0.4, 0.5) is 0 Å². The van der Waals surface area contributed by atoms with Crippen LogP contribution in [0.15, 0.2) is 30.3 Å². The van der Waals surface area contributed by atoms with Crippen molar-refractivity contribution in [1.29, 1.82) is 0 Å². The van der Waals surface area contributed by atoms with Gasteiger partial charge in [-0.1, -0.05) is 24.1 Å². The predicted molar refractivity (Wildman–Crippen MR) is 63.4 cm³/mol. The summed E-state index contributed by atoms with van der Waals surface area (Å²) >= 11 is 0. The molecule has 1 unspecified atom stereocenters. The highest BCUT2D eigenvalue weighted by atomic mass is 16.5. The van der Waals surface area contributed by atoms with Gasteiger partial charge in [-0.25, -0.2) is 4.79 Å². The lowest BCUT2D eigenvalue weighted by molar-refractivity contribution is -0.130. The first-order chi connectivity index (χ1) is 8.11. The van der Waals surface area contributed by atoms with E-state index in [1.807, 2.05) is 18.1 Å². The second-order valence-electron chi connectivity index (χ2n) is 3.15. The zero-order valence-corrected chi connectivity index (χ0v) is 9.25. The van der Waals surface area contributed by atoms with Crippen molar-refractivity contribution in [2.24, 2.45) is 0 Å². The molecule has 0 saturated heterocycles. The van der Waals surface area contributed by atoms with E-state index in [-0.39, 0.29) is 0 Å². The van der Waals surface area contributed by atoms with Crippen LogP contribution < -0.4 is 4.74 Å². The van der Waals surface area contributed by atoms with Crippen molar-refractivity contribution in [3.05, 3.63) is 35.9 Å². The average molecular weight is 232 g/mol. The number of methoxy groups -OCH3 is 1. The summed E-state index contributed by atoms with van der Waals surface area (Å²) in [6.07, 6.45) is 1.98. The maximum atomic E-state index is 10.1. The number of benzene rings is 1. The van der Waals surface area contributed by atoms with E-state index in [1.165, 1.54) is 6.08 Å². The van der Waals surface area contributed by atoms with Gasteiger partial charge in [-0.2, -0.15) is 0 Å². The molecule has 1 atom stereocenters. The highest BCUT2D eigenvalue weighted by molar-refractivity contribution is 5.86. The molecular formula is C13H12O4. The number of aliphatic hydroxyl groups is 1. The molecule has 1 aromatic rings. The highest BCUT2D eigenvalue weighted by Gasteiger charge is 1.94. The first-order valence-corrected chi connectivity index (χ1v) is 4.86. The molecule has 4 nitrogen and oxygen atoms in total. The summed E-state index contributed by atoms with van der Waals surface area (Å²) in [5.41, 5.74) is 0.863. The Balaban J connectivity index is 2.64.